The van der Waals surface area contributed by atoms with Crippen LogP contribution in [0, 0.1) is 0 Å². The number of carbonyl (C=O) groups excluding carboxylic acids is 1. The first-order chi connectivity index (χ1) is 16.0. The van der Waals surface area contributed by atoms with Crippen LogP contribution in [-0.4, -0.2) is 31.7 Å². The Hall–Kier alpha value is -2.96. The summed E-state index contributed by atoms with van der Waals surface area (Å²) < 4.78 is 27.2. The van der Waals surface area contributed by atoms with Gasteiger partial charge in [0.2, 0.25) is 15.9 Å². The van der Waals surface area contributed by atoms with Crippen molar-refractivity contribution in [1.82, 2.24) is 9.62 Å². The van der Waals surface area contributed by atoms with Gasteiger partial charge >= 0.3 is 0 Å². The quantitative estimate of drug-likeness (QED) is 0.528. The minimum absolute atomic E-state index is 0.0236. The molecule has 0 aromatic heterocycles. The van der Waals surface area contributed by atoms with E-state index in [0.717, 1.165) is 36.0 Å². The van der Waals surface area contributed by atoms with Crippen molar-refractivity contribution in [3.05, 3.63) is 102 Å². The topological polar surface area (TPSA) is 66.5 Å². The molecule has 1 N–H and O–H groups in total. The van der Waals surface area contributed by atoms with E-state index in [1.165, 1.54) is 0 Å². The molecule has 5 nitrogen and oxygen atoms in total. The zero-order valence-corrected chi connectivity index (χ0v) is 19.5. The Morgan fingerprint density at radius 3 is 1.88 bits per heavy atom. The number of sulfonamides is 1. The summed E-state index contributed by atoms with van der Waals surface area (Å²) in [4.78, 5) is 13.1. The molecular weight excluding hydrogens is 432 g/mol. The van der Waals surface area contributed by atoms with Crippen LogP contribution in [0.4, 0.5) is 0 Å². The standard InChI is InChI=1S/C27H30N2O3S/c30-27(20-26(23-10-4-1-5-11-23)24-12-6-2-7-13-24)28-21-22-14-16-25(17-15-22)33(31,32)29-18-8-3-9-19-29/h1-2,4-7,10-17,26H,3,8-9,18-21H2,(H,28,30). The van der Waals surface area contributed by atoms with Gasteiger partial charge in [0.25, 0.3) is 0 Å². The molecule has 172 valence electrons. The van der Waals surface area contributed by atoms with Crippen LogP contribution in [0.3, 0.4) is 0 Å². The third kappa shape index (κ3) is 5.89. The van der Waals surface area contributed by atoms with Gasteiger partial charge in [0.15, 0.2) is 0 Å². The molecule has 1 aliphatic rings. The molecule has 33 heavy (non-hydrogen) atoms. The fraction of sp³-hybridized carbons (Fsp3) is 0.296. The van der Waals surface area contributed by atoms with Crippen LogP contribution < -0.4 is 5.32 Å². The van der Waals surface area contributed by atoms with Gasteiger partial charge in [0.05, 0.1) is 4.90 Å². The largest absolute Gasteiger partial charge is 0.352 e. The monoisotopic (exact) mass is 462 g/mol. The van der Waals surface area contributed by atoms with Crippen molar-refractivity contribution < 1.29 is 13.2 Å². The smallest absolute Gasteiger partial charge is 0.243 e. The van der Waals surface area contributed by atoms with Gasteiger partial charge in [-0.15, -0.1) is 0 Å². The first kappa shape index (κ1) is 23.2. The number of hydrogen-bond donors (Lipinski definition) is 1. The van der Waals surface area contributed by atoms with E-state index in [4.69, 9.17) is 0 Å². The Morgan fingerprint density at radius 2 is 1.33 bits per heavy atom. The van der Waals surface area contributed by atoms with Gasteiger partial charge in [0.1, 0.15) is 0 Å². The van der Waals surface area contributed by atoms with Gasteiger partial charge in [-0.25, -0.2) is 8.42 Å². The Bertz CT molecular complexity index is 1100. The molecule has 3 aromatic carbocycles. The normalized spacial score (nSPS) is 14.8. The fourth-order valence-corrected chi connectivity index (χ4v) is 5.81. The molecular formula is C27H30N2O3S. The number of nitrogens with one attached hydrogen (secondary N) is 1. The summed E-state index contributed by atoms with van der Waals surface area (Å²) in [6.45, 7) is 1.54. The maximum atomic E-state index is 12.8. The van der Waals surface area contributed by atoms with E-state index >= 15 is 0 Å². The first-order valence-corrected chi connectivity index (χ1v) is 12.9. The molecule has 1 heterocycles. The molecule has 1 saturated heterocycles. The average molecular weight is 463 g/mol. The lowest BCUT2D eigenvalue weighted by Gasteiger charge is -2.25. The van der Waals surface area contributed by atoms with E-state index in [-0.39, 0.29) is 11.8 Å². The molecule has 4 rings (SSSR count). The SMILES string of the molecule is O=C(CC(c1ccccc1)c1ccccc1)NCc1ccc(S(=O)(=O)N2CCCCC2)cc1. The van der Waals surface area contributed by atoms with E-state index in [1.807, 2.05) is 60.7 Å². The van der Waals surface area contributed by atoms with Crippen LogP contribution >= 0.6 is 0 Å². The highest BCUT2D eigenvalue weighted by atomic mass is 32.2. The van der Waals surface area contributed by atoms with Crippen LogP contribution in [0.25, 0.3) is 0 Å². The Labute approximate surface area is 196 Å². The van der Waals surface area contributed by atoms with Gasteiger partial charge < -0.3 is 5.32 Å². The molecule has 0 saturated carbocycles. The maximum Gasteiger partial charge on any atom is 0.243 e. The Balaban J connectivity index is 1.39. The number of benzene rings is 3. The average Bonchev–Trinajstić information content (AvgIpc) is 2.88. The molecule has 1 aliphatic heterocycles. The van der Waals surface area contributed by atoms with E-state index in [9.17, 15) is 13.2 Å². The zero-order chi connectivity index (χ0) is 23.1. The summed E-state index contributed by atoms with van der Waals surface area (Å²) in [7, 11) is -3.44. The van der Waals surface area contributed by atoms with Crippen LogP contribution in [0.5, 0.6) is 0 Å². The van der Waals surface area contributed by atoms with E-state index in [0.29, 0.717) is 31.0 Å². The number of rotatable bonds is 8. The summed E-state index contributed by atoms with van der Waals surface area (Å²) in [5.74, 6) is -0.0674. The second-order valence-electron chi connectivity index (χ2n) is 8.46. The van der Waals surface area contributed by atoms with E-state index in [1.54, 1.807) is 28.6 Å². The molecule has 0 aliphatic carbocycles. The van der Waals surface area contributed by atoms with Crippen LogP contribution in [0.1, 0.15) is 48.3 Å². The van der Waals surface area contributed by atoms with Crippen molar-refractivity contribution in [3.63, 3.8) is 0 Å². The van der Waals surface area contributed by atoms with Gasteiger partial charge in [-0.1, -0.05) is 79.2 Å². The molecule has 0 unspecified atom stereocenters. The predicted octanol–water partition coefficient (Wildman–Crippen LogP) is 4.70. The second-order valence-corrected chi connectivity index (χ2v) is 10.4. The van der Waals surface area contributed by atoms with Crippen molar-refractivity contribution in [2.24, 2.45) is 0 Å². The van der Waals surface area contributed by atoms with Crippen molar-refractivity contribution in [3.8, 4) is 0 Å². The molecule has 0 bridgehead atoms. The Morgan fingerprint density at radius 1 is 0.788 bits per heavy atom. The lowest BCUT2D eigenvalue weighted by molar-refractivity contribution is -0.121. The summed E-state index contributed by atoms with van der Waals surface area (Å²) >= 11 is 0. The zero-order valence-electron chi connectivity index (χ0n) is 18.7. The summed E-state index contributed by atoms with van der Waals surface area (Å²) in [6.07, 6.45) is 3.25. The first-order valence-electron chi connectivity index (χ1n) is 11.5. The lowest BCUT2D eigenvalue weighted by atomic mass is 9.88. The van der Waals surface area contributed by atoms with Crippen LogP contribution in [0.2, 0.25) is 0 Å². The highest BCUT2D eigenvalue weighted by Gasteiger charge is 2.25. The highest BCUT2D eigenvalue weighted by molar-refractivity contribution is 7.89. The molecule has 0 radical (unpaired) electrons. The molecule has 1 amide bonds. The van der Waals surface area contributed by atoms with Gasteiger partial charge in [0, 0.05) is 32.0 Å². The Kier molecular flexibility index (Phi) is 7.57. The van der Waals surface area contributed by atoms with E-state index < -0.39 is 10.0 Å². The molecule has 3 aromatic rings. The van der Waals surface area contributed by atoms with Crippen molar-refractivity contribution in [2.45, 2.75) is 43.0 Å². The minimum atomic E-state index is -3.44. The minimum Gasteiger partial charge on any atom is -0.352 e. The van der Waals surface area contributed by atoms with Crippen LogP contribution in [0.15, 0.2) is 89.8 Å². The van der Waals surface area contributed by atoms with Gasteiger partial charge in [-0.3, -0.25) is 4.79 Å². The highest BCUT2D eigenvalue weighted by Crippen LogP contribution is 2.28. The van der Waals surface area contributed by atoms with Gasteiger partial charge in [-0.2, -0.15) is 4.31 Å². The summed E-state index contributed by atoms with van der Waals surface area (Å²) in [5, 5.41) is 2.99. The second kappa shape index (κ2) is 10.8. The lowest BCUT2D eigenvalue weighted by Crippen LogP contribution is -2.35. The molecule has 0 spiro atoms. The molecule has 0 atom stereocenters. The number of carbonyl (C=O) groups is 1. The summed E-state index contributed by atoms with van der Waals surface area (Å²) in [5.41, 5.74) is 3.08. The number of hydrogen-bond acceptors (Lipinski definition) is 3. The third-order valence-corrected chi connectivity index (χ3v) is 8.07. The molecule has 6 heteroatoms. The van der Waals surface area contributed by atoms with Crippen molar-refractivity contribution in [2.75, 3.05) is 13.1 Å². The molecule has 1 fully saturated rings. The number of amides is 1. The number of piperidine rings is 1. The van der Waals surface area contributed by atoms with Crippen molar-refractivity contribution in [1.29, 1.82) is 0 Å². The summed E-state index contributed by atoms with van der Waals surface area (Å²) in [6, 6.07) is 26.9. The van der Waals surface area contributed by atoms with Crippen molar-refractivity contribution >= 4 is 15.9 Å². The third-order valence-electron chi connectivity index (χ3n) is 6.16. The maximum absolute atomic E-state index is 12.8. The van der Waals surface area contributed by atoms with E-state index in [2.05, 4.69) is 5.32 Å². The van der Waals surface area contributed by atoms with Gasteiger partial charge in [-0.05, 0) is 41.7 Å². The van der Waals surface area contributed by atoms with Crippen LogP contribution in [-0.2, 0) is 21.4 Å². The fourth-order valence-electron chi connectivity index (χ4n) is 4.29. The predicted molar refractivity (Wildman–Crippen MR) is 130 cm³/mol. The number of nitrogens with zero attached hydrogens (tertiary/aromatic N) is 1.